The first kappa shape index (κ1) is 23.4. The van der Waals surface area contributed by atoms with Crippen LogP contribution in [0.3, 0.4) is 0 Å². The van der Waals surface area contributed by atoms with Crippen molar-refractivity contribution in [1.82, 2.24) is 24.5 Å². The molecular weight excluding hydrogens is 485 g/mol. The minimum atomic E-state index is -4.68. The summed E-state index contributed by atoms with van der Waals surface area (Å²) in [4.78, 5) is 28.9. The van der Waals surface area contributed by atoms with Gasteiger partial charge in [0.05, 0.1) is 29.1 Å². The van der Waals surface area contributed by atoms with Gasteiger partial charge in [-0.1, -0.05) is 6.92 Å². The Hall–Kier alpha value is -2.80. The molecule has 3 heterocycles. The van der Waals surface area contributed by atoms with Crippen LogP contribution < -0.4 is 10.9 Å². The van der Waals surface area contributed by atoms with Gasteiger partial charge in [0, 0.05) is 6.20 Å². The number of aromatic nitrogens is 5. The fraction of sp³-hybridized carbons (Fsp3) is 0.421. The van der Waals surface area contributed by atoms with Crippen molar-refractivity contribution in [2.75, 3.05) is 11.1 Å². The van der Waals surface area contributed by atoms with Crippen LogP contribution in [-0.2, 0) is 16.4 Å². The van der Waals surface area contributed by atoms with E-state index < -0.39 is 33.5 Å². The van der Waals surface area contributed by atoms with Crippen LogP contribution in [0.15, 0.2) is 34.2 Å². The Kier molecular flexibility index (Phi) is 6.03. The number of sulfone groups is 1. The lowest BCUT2D eigenvalue weighted by Gasteiger charge is -2.24. The predicted octanol–water partition coefficient (Wildman–Crippen LogP) is 3.15. The van der Waals surface area contributed by atoms with Gasteiger partial charge in [-0.3, -0.25) is 14.3 Å². The highest BCUT2D eigenvalue weighted by Crippen LogP contribution is 2.48. The molecule has 0 spiro atoms. The predicted molar refractivity (Wildman–Crippen MR) is 114 cm³/mol. The highest BCUT2D eigenvalue weighted by atomic mass is 35.5. The van der Waals surface area contributed by atoms with Crippen molar-refractivity contribution in [2.24, 2.45) is 5.92 Å². The number of alkyl halides is 3. The molecule has 1 saturated carbocycles. The third-order valence-electron chi connectivity index (χ3n) is 5.26. The second-order valence-electron chi connectivity index (χ2n) is 7.55. The molecule has 0 amide bonds. The second kappa shape index (κ2) is 8.52. The smallest absolute Gasteiger partial charge is 0.360 e. The average Bonchev–Trinajstić information content (AvgIpc) is 3.59. The summed E-state index contributed by atoms with van der Waals surface area (Å²) in [5, 5.41) is 2.40. The number of fused-ring (bicyclic) bond motifs is 1. The van der Waals surface area contributed by atoms with E-state index in [1.807, 2.05) is 0 Å². The number of anilines is 1. The Morgan fingerprint density at radius 1 is 1.21 bits per heavy atom. The number of halogens is 4. The summed E-state index contributed by atoms with van der Waals surface area (Å²) in [5.41, 5.74) is -0.975. The van der Waals surface area contributed by atoms with E-state index in [9.17, 15) is 26.4 Å². The maximum absolute atomic E-state index is 13.9. The Morgan fingerprint density at radius 3 is 2.52 bits per heavy atom. The third-order valence-corrected chi connectivity index (χ3v) is 7.16. The van der Waals surface area contributed by atoms with Gasteiger partial charge >= 0.3 is 6.18 Å². The van der Waals surface area contributed by atoms with Crippen LogP contribution in [0.5, 0.6) is 0 Å². The SMILES string of the molecule is CCS(=O)(=O)c1ccc(CNc2nc3cnc(Cl)nc3n([C@H](C3CC3)C(F)(F)F)c2=O)nc1. The monoisotopic (exact) mass is 502 g/mol. The van der Waals surface area contributed by atoms with Crippen LogP contribution in [0, 0.1) is 5.92 Å². The molecular formula is C19H18ClF3N6O3S. The van der Waals surface area contributed by atoms with E-state index >= 15 is 0 Å². The summed E-state index contributed by atoms with van der Waals surface area (Å²) < 4.78 is 66.1. The summed E-state index contributed by atoms with van der Waals surface area (Å²) in [6.45, 7) is 1.43. The zero-order valence-electron chi connectivity index (χ0n) is 17.2. The lowest BCUT2D eigenvalue weighted by molar-refractivity contribution is -0.173. The van der Waals surface area contributed by atoms with E-state index in [4.69, 9.17) is 11.6 Å². The highest BCUT2D eigenvalue weighted by Gasteiger charge is 2.51. The van der Waals surface area contributed by atoms with Gasteiger partial charge in [0.25, 0.3) is 5.56 Å². The number of hydrogen-bond donors (Lipinski definition) is 1. The molecule has 1 fully saturated rings. The van der Waals surface area contributed by atoms with Crippen molar-refractivity contribution in [3.63, 3.8) is 0 Å². The Balaban J connectivity index is 1.72. The molecule has 0 unspecified atom stereocenters. The summed E-state index contributed by atoms with van der Waals surface area (Å²) >= 11 is 5.78. The minimum Gasteiger partial charge on any atom is -0.360 e. The lowest BCUT2D eigenvalue weighted by Crippen LogP contribution is -2.38. The summed E-state index contributed by atoms with van der Waals surface area (Å²) in [7, 11) is -3.43. The van der Waals surface area contributed by atoms with E-state index in [-0.39, 0.29) is 39.5 Å². The minimum absolute atomic E-state index is 0.0336. The fourth-order valence-corrected chi connectivity index (χ4v) is 4.38. The molecule has 3 aromatic rings. The Labute approximate surface area is 191 Å². The molecule has 1 aliphatic rings. The topological polar surface area (TPSA) is 120 Å². The van der Waals surface area contributed by atoms with Crippen LogP contribution in [0.1, 0.15) is 31.5 Å². The van der Waals surface area contributed by atoms with Crippen LogP contribution in [0.25, 0.3) is 11.2 Å². The molecule has 0 bridgehead atoms. The first-order chi connectivity index (χ1) is 15.5. The van der Waals surface area contributed by atoms with Crippen molar-refractivity contribution < 1.29 is 21.6 Å². The molecule has 4 rings (SSSR count). The fourth-order valence-electron chi connectivity index (χ4n) is 3.43. The van der Waals surface area contributed by atoms with Gasteiger partial charge in [-0.05, 0) is 42.5 Å². The third kappa shape index (κ3) is 4.78. The van der Waals surface area contributed by atoms with Crippen molar-refractivity contribution in [2.45, 2.75) is 43.4 Å². The first-order valence-electron chi connectivity index (χ1n) is 9.94. The van der Waals surface area contributed by atoms with Crippen LogP contribution in [0.2, 0.25) is 5.28 Å². The summed E-state index contributed by atoms with van der Waals surface area (Å²) in [6, 6.07) is 0.747. The normalized spacial score (nSPS) is 15.5. The molecule has 0 radical (unpaired) electrons. The van der Waals surface area contributed by atoms with E-state index in [1.165, 1.54) is 25.3 Å². The van der Waals surface area contributed by atoms with Gasteiger partial charge in [0.15, 0.2) is 21.3 Å². The average molecular weight is 503 g/mol. The molecule has 9 nitrogen and oxygen atoms in total. The molecule has 1 atom stereocenters. The van der Waals surface area contributed by atoms with E-state index in [1.54, 1.807) is 0 Å². The number of nitrogens with zero attached hydrogens (tertiary/aromatic N) is 5. The van der Waals surface area contributed by atoms with Crippen LogP contribution in [-0.4, -0.2) is 44.8 Å². The van der Waals surface area contributed by atoms with E-state index in [2.05, 4.69) is 25.3 Å². The second-order valence-corrected chi connectivity index (χ2v) is 10.2. The van der Waals surface area contributed by atoms with Crippen molar-refractivity contribution >= 4 is 38.4 Å². The van der Waals surface area contributed by atoms with Crippen LogP contribution in [0.4, 0.5) is 19.0 Å². The van der Waals surface area contributed by atoms with Gasteiger partial charge in [-0.15, -0.1) is 0 Å². The number of pyridine rings is 1. The highest BCUT2D eigenvalue weighted by molar-refractivity contribution is 7.91. The van der Waals surface area contributed by atoms with Gasteiger partial charge in [0.1, 0.15) is 11.6 Å². The van der Waals surface area contributed by atoms with Crippen molar-refractivity contribution in [3.8, 4) is 0 Å². The maximum atomic E-state index is 13.9. The number of nitrogens with one attached hydrogen (secondary N) is 1. The summed E-state index contributed by atoms with van der Waals surface area (Å²) in [6.07, 6.45) is -1.69. The first-order valence-corrected chi connectivity index (χ1v) is 12.0. The van der Waals surface area contributed by atoms with E-state index in [0.717, 1.165) is 6.20 Å². The van der Waals surface area contributed by atoms with Gasteiger partial charge in [-0.25, -0.2) is 18.4 Å². The molecule has 14 heteroatoms. The largest absolute Gasteiger partial charge is 0.409 e. The molecule has 33 heavy (non-hydrogen) atoms. The maximum Gasteiger partial charge on any atom is 0.409 e. The molecule has 0 saturated heterocycles. The molecule has 1 N–H and O–H groups in total. The quantitative estimate of drug-likeness (QED) is 0.489. The van der Waals surface area contributed by atoms with Gasteiger partial charge < -0.3 is 5.32 Å². The number of rotatable bonds is 7. The van der Waals surface area contributed by atoms with E-state index in [0.29, 0.717) is 23.1 Å². The van der Waals surface area contributed by atoms with Crippen molar-refractivity contribution in [3.05, 3.63) is 45.9 Å². The molecule has 3 aromatic heterocycles. The number of hydrogen-bond acceptors (Lipinski definition) is 8. The lowest BCUT2D eigenvalue weighted by atomic mass is 10.1. The van der Waals surface area contributed by atoms with Gasteiger partial charge in [0.2, 0.25) is 5.28 Å². The zero-order chi connectivity index (χ0) is 24.0. The molecule has 176 valence electrons. The van der Waals surface area contributed by atoms with Crippen molar-refractivity contribution in [1.29, 1.82) is 0 Å². The standard InChI is InChI=1S/C19H18ClF3N6O3S/c1-2-33(31,32)12-6-5-11(24-8-12)7-25-15-17(30)29(14(10-3-4-10)19(21,22)23)16-13(27-15)9-26-18(20)28-16/h5-6,8-10,14H,2-4,7H2,1H3,(H,25,27)/t14-/m1/s1. The Bertz CT molecular complexity index is 1360. The molecule has 0 aromatic carbocycles. The van der Waals surface area contributed by atoms with Crippen LogP contribution >= 0.6 is 11.6 Å². The summed E-state index contributed by atoms with van der Waals surface area (Å²) in [5.74, 6) is -1.17. The Morgan fingerprint density at radius 2 is 1.94 bits per heavy atom. The zero-order valence-corrected chi connectivity index (χ0v) is 18.7. The molecule has 1 aliphatic carbocycles. The molecule has 0 aliphatic heterocycles. The van der Waals surface area contributed by atoms with Gasteiger partial charge in [-0.2, -0.15) is 18.2 Å².